The van der Waals surface area contributed by atoms with Crippen molar-refractivity contribution in [3.8, 4) is 0 Å². The molecule has 2 N–H and O–H groups in total. The molecule has 0 radical (unpaired) electrons. The van der Waals surface area contributed by atoms with Crippen LogP contribution in [0.3, 0.4) is 0 Å². The first kappa shape index (κ1) is 13.6. The number of anilines is 1. The minimum absolute atomic E-state index is 0.0368. The van der Waals surface area contributed by atoms with Crippen molar-refractivity contribution in [2.24, 2.45) is 5.92 Å². The standard InChI is InChI=1S/C15H18N4O2/c1-9(2)19-8-10(7-13(19)20)14(21)18-15-16-11-5-3-4-6-12(11)17-15/h3-6,9-10H,7-8H2,1-2H3,(H2,16,17,18,21)/t10-/m1/s1. The third-order valence-corrected chi connectivity index (χ3v) is 3.78. The van der Waals surface area contributed by atoms with Gasteiger partial charge in [0, 0.05) is 19.0 Å². The summed E-state index contributed by atoms with van der Waals surface area (Å²) in [6, 6.07) is 7.70. The van der Waals surface area contributed by atoms with Crippen LogP contribution in [0.5, 0.6) is 0 Å². The first-order valence-electron chi connectivity index (χ1n) is 7.09. The highest BCUT2D eigenvalue weighted by molar-refractivity contribution is 5.97. The maximum atomic E-state index is 12.3. The number of hydrogen-bond acceptors (Lipinski definition) is 3. The Bertz CT molecular complexity index is 659. The van der Waals surface area contributed by atoms with Crippen LogP contribution >= 0.6 is 0 Å². The van der Waals surface area contributed by atoms with Crippen LogP contribution in [0.15, 0.2) is 24.3 Å². The van der Waals surface area contributed by atoms with E-state index in [1.165, 1.54) is 0 Å². The van der Waals surface area contributed by atoms with Gasteiger partial charge in [-0.15, -0.1) is 0 Å². The highest BCUT2D eigenvalue weighted by atomic mass is 16.2. The van der Waals surface area contributed by atoms with Gasteiger partial charge in [-0.05, 0) is 26.0 Å². The molecule has 1 aliphatic heterocycles. The van der Waals surface area contributed by atoms with Gasteiger partial charge < -0.3 is 9.88 Å². The summed E-state index contributed by atoms with van der Waals surface area (Å²) in [7, 11) is 0. The van der Waals surface area contributed by atoms with Crippen LogP contribution in [0.25, 0.3) is 11.0 Å². The molecule has 110 valence electrons. The third-order valence-electron chi connectivity index (χ3n) is 3.78. The zero-order valence-electron chi connectivity index (χ0n) is 12.1. The Balaban J connectivity index is 1.70. The monoisotopic (exact) mass is 286 g/mol. The van der Waals surface area contributed by atoms with Gasteiger partial charge in [-0.25, -0.2) is 4.98 Å². The Labute approximate surface area is 122 Å². The van der Waals surface area contributed by atoms with Gasteiger partial charge in [0.25, 0.3) is 0 Å². The number of hydrogen-bond donors (Lipinski definition) is 2. The Morgan fingerprint density at radius 1 is 1.43 bits per heavy atom. The zero-order chi connectivity index (χ0) is 15.0. The summed E-state index contributed by atoms with van der Waals surface area (Å²) in [5, 5.41) is 2.77. The summed E-state index contributed by atoms with van der Waals surface area (Å²) >= 11 is 0. The average molecular weight is 286 g/mol. The lowest BCUT2D eigenvalue weighted by molar-refractivity contribution is -0.129. The van der Waals surface area contributed by atoms with E-state index in [2.05, 4.69) is 15.3 Å². The molecule has 2 heterocycles. The van der Waals surface area contributed by atoms with Crippen LogP contribution < -0.4 is 5.32 Å². The molecule has 1 aromatic carbocycles. The van der Waals surface area contributed by atoms with Crippen molar-refractivity contribution in [3.63, 3.8) is 0 Å². The first-order valence-corrected chi connectivity index (χ1v) is 7.09. The molecule has 1 atom stereocenters. The number of nitrogens with zero attached hydrogens (tertiary/aromatic N) is 2. The highest BCUT2D eigenvalue weighted by Crippen LogP contribution is 2.22. The second-order valence-electron chi connectivity index (χ2n) is 5.63. The molecule has 0 unspecified atom stereocenters. The number of carbonyl (C=O) groups excluding carboxylic acids is 2. The van der Waals surface area contributed by atoms with E-state index in [1.54, 1.807) is 4.90 Å². The molecule has 2 amide bonds. The van der Waals surface area contributed by atoms with E-state index in [0.29, 0.717) is 12.5 Å². The Kier molecular flexibility index (Phi) is 3.37. The van der Waals surface area contributed by atoms with Gasteiger partial charge in [0.05, 0.1) is 17.0 Å². The summed E-state index contributed by atoms with van der Waals surface area (Å²) in [4.78, 5) is 33.2. The molecule has 0 aliphatic carbocycles. The number of para-hydroxylation sites is 2. The SMILES string of the molecule is CC(C)N1C[C@H](C(=O)Nc2nc3ccccc3[nH]2)CC1=O. The van der Waals surface area contributed by atoms with Crippen molar-refractivity contribution in [1.29, 1.82) is 0 Å². The van der Waals surface area contributed by atoms with Gasteiger partial charge in [0.15, 0.2) is 0 Å². The molecule has 0 bridgehead atoms. The van der Waals surface area contributed by atoms with Gasteiger partial charge in [-0.3, -0.25) is 14.9 Å². The van der Waals surface area contributed by atoms with Crippen LogP contribution in [-0.4, -0.2) is 39.3 Å². The fourth-order valence-corrected chi connectivity index (χ4v) is 2.64. The maximum Gasteiger partial charge on any atom is 0.232 e. The number of H-pyrrole nitrogens is 1. The van der Waals surface area contributed by atoms with Crippen LogP contribution in [0.1, 0.15) is 20.3 Å². The number of nitrogens with one attached hydrogen (secondary N) is 2. The summed E-state index contributed by atoms with van der Waals surface area (Å²) in [5.41, 5.74) is 1.68. The summed E-state index contributed by atoms with van der Waals surface area (Å²) in [6.07, 6.45) is 0.268. The van der Waals surface area contributed by atoms with Crippen molar-refractivity contribution < 1.29 is 9.59 Å². The predicted octanol–water partition coefficient (Wildman–Crippen LogP) is 1.76. The van der Waals surface area contributed by atoms with E-state index in [0.717, 1.165) is 11.0 Å². The molecule has 1 aromatic heterocycles. The second kappa shape index (κ2) is 5.20. The lowest BCUT2D eigenvalue weighted by atomic mass is 10.1. The van der Waals surface area contributed by atoms with Crippen LogP contribution in [-0.2, 0) is 9.59 Å². The first-order chi connectivity index (χ1) is 10.0. The summed E-state index contributed by atoms with van der Waals surface area (Å²) < 4.78 is 0. The predicted molar refractivity (Wildman–Crippen MR) is 79.7 cm³/mol. The largest absolute Gasteiger partial charge is 0.339 e. The van der Waals surface area contributed by atoms with Gasteiger partial charge in [-0.2, -0.15) is 0 Å². The molecule has 1 saturated heterocycles. The van der Waals surface area contributed by atoms with Crippen molar-refractivity contribution in [1.82, 2.24) is 14.9 Å². The van der Waals surface area contributed by atoms with Gasteiger partial charge >= 0.3 is 0 Å². The minimum atomic E-state index is -0.312. The lowest BCUT2D eigenvalue weighted by Crippen LogP contribution is -2.33. The molecule has 1 aliphatic rings. The molecule has 2 aromatic rings. The van der Waals surface area contributed by atoms with E-state index in [1.807, 2.05) is 38.1 Å². The molecule has 21 heavy (non-hydrogen) atoms. The molecule has 0 spiro atoms. The second-order valence-corrected chi connectivity index (χ2v) is 5.63. The van der Waals surface area contributed by atoms with Crippen molar-refractivity contribution in [2.75, 3.05) is 11.9 Å². The number of likely N-dealkylation sites (tertiary alicyclic amines) is 1. The fraction of sp³-hybridized carbons (Fsp3) is 0.400. The number of fused-ring (bicyclic) bond motifs is 1. The van der Waals surface area contributed by atoms with E-state index >= 15 is 0 Å². The van der Waals surface area contributed by atoms with E-state index in [4.69, 9.17) is 0 Å². The molecule has 0 saturated carbocycles. The molecule has 6 heteroatoms. The Morgan fingerprint density at radius 3 is 2.86 bits per heavy atom. The number of benzene rings is 1. The molecular formula is C15H18N4O2. The minimum Gasteiger partial charge on any atom is -0.339 e. The number of rotatable bonds is 3. The van der Waals surface area contributed by atoms with Crippen molar-refractivity contribution >= 4 is 28.8 Å². The molecule has 3 rings (SSSR count). The maximum absolute atomic E-state index is 12.3. The number of carbonyl (C=O) groups is 2. The average Bonchev–Trinajstić information content (AvgIpc) is 3.01. The van der Waals surface area contributed by atoms with Crippen molar-refractivity contribution in [2.45, 2.75) is 26.3 Å². The number of amides is 2. The van der Waals surface area contributed by atoms with E-state index in [-0.39, 0.29) is 30.2 Å². The van der Waals surface area contributed by atoms with Crippen LogP contribution in [0, 0.1) is 5.92 Å². The van der Waals surface area contributed by atoms with E-state index in [9.17, 15) is 9.59 Å². The zero-order valence-corrected chi connectivity index (χ0v) is 12.1. The van der Waals surface area contributed by atoms with Gasteiger partial charge in [0.1, 0.15) is 0 Å². The van der Waals surface area contributed by atoms with Crippen LogP contribution in [0.4, 0.5) is 5.95 Å². The molecular weight excluding hydrogens is 268 g/mol. The van der Waals surface area contributed by atoms with Gasteiger partial charge in [0.2, 0.25) is 17.8 Å². The number of aromatic nitrogens is 2. The lowest BCUT2D eigenvalue weighted by Gasteiger charge is -2.20. The Hall–Kier alpha value is -2.37. The Morgan fingerprint density at radius 2 is 2.19 bits per heavy atom. The number of imidazole rings is 1. The number of aromatic amines is 1. The summed E-state index contributed by atoms with van der Waals surface area (Å²) in [5.74, 6) is -0.00919. The highest BCUT2D eigenvalue weighted by Gasteiger charge is 2.35. The normalized spacial score (nSPS) is 18.7. The van der Waals surface area contributed by atoms with Gasteiger partial charge in [-0.1, -0.05) is 12.1 Å². The molecule has 1 fully saturated rings. The molecule has 6 nitrogen and oxygen atoms in total. The smallest absolute Gasteiger partial charge is 0.232 e. The fourth-order valence-electron chi connectivity index (χ4n) is 2.64. The summed E-state index contributed by atoms with van der Waals surface area (Å²) in [6.45, 7) is 4.39. The van der Waals surface area contributed by atoms with Crippen molar-refractivity contribution in [3.05, 3.63) is 24.3 Å². The topological polar surface area (TPSA) is 78.1 Å². The van der Waals surface area contributed by atoms with E-state index < -0.39 is 0 Å². The van der Waals surface area contributed by atoms with Crippen LogP contribution in [0.2, 0.25) is 0 Å². The quantitative estimate of drug-likeness (QED) is 0.902. The third kappa shape index (κ3) is 2.61.